The molecule has 1 aliphatic heterocycles. The number of nitrogens with zero attached hydrogens (tertiary/aromatic N) is 1. The molecular formula is C19H29N3O3. The molecule has 6 nitrogen and oxygen atoms in total. The lowest BCUT2D eigenvalue weighted by Gasteiger charge is -2.40. The number of rotatable bonds is 6. The van der Waals surface area contributed by atoms with Crippen LogP contribution in [0.2, 0.25) is 0 Å². The van der Waals surface area contributed by atoms with Crippen LogP contribution >= 0.6 is 0 Å². The molecule has 2 rings (SSSR count). The molecule has 2 amide bonds. The molecule has 1 fully saturated rings. The van der Waals surface area contributed by atoms with Gasteiger partial charge < -0.3 is 15.4 Å². The van der Waals surface area contributed by atoms with Gasteiger partial charge in [-0.2, -0.15) is 0 Å². The van der Waals surface area contributed by atoms with Crippen LogP contribution in [0, 0.1) is 13.8 Å². The summed E-state index contributed by atoms with van der Waals surface area (Å²) in [6.45, 7) is 11.9. The number of carbonyl (C=O) groups excluding carboxylic acids is 2. The van der Waals surface area contributed by atoms with Gasteiger partial charge in [-0.1, -0.05) is 6.07 Å². The van der Waals surface area contributed by atoms with Crippen molar-refractivity contribution in [3.05, 3.63) is 34.9 Å². The molecule has 1 aromatic rings. The van der Waals surface area contributed by atoms with Crippen molar-refractivity contribution >= 4 is 11.8 Å². The topological polar surface area (TPSA) is 70.7 Å². The van der Waals surface area contributed by atoms with Gasteiger partial charge in [0.1, 0.15) is 0 Å². The highest BCUT2D eigenvalue weighted by Gasteiger charge is 2.28. The van der Waals surface area contributed by atoms with E-state index in [9.17, 15) is 9.59 Å². The van der Waals surface area contributed by atoms with Crippen molar-refractivity contribution in [3.8, 4) is 0 Å². The fourth-order valence-corrected chi connectivity index (χ4v) is 2.80. The van der Waals surface area contributed by atoms with Crippen molar-refractivity contribution in [2.24, 2.45) is 0 Å². The molecule has 0 spiro atoms. The summed E-state index contributed by atoms with van der Waals surface area (Å²) in [7, 11) is 0. The van der Waals surface area contributed by atoms with Crippen LogP contribution in [-0.4, -0.2) is 61.6 Å². The van der Waals surface area contributed by atoms with Gasteiger partial charge in [-0.15, -0.1) is 0 Å². The van der Waals surface area contributed by atoms with Crippen LogP contribution in [0.15, 0.2) is 18.2 Å². The number of hydrogen-bond donors (Lipinski definition) is 2. The maximum Gasteiger partial charge on any atom is 0.251 e. The summed E-state index contributed by atoms with van der Waals surface area (Å²) in [4.78, 5) is 26.5. The molecule has 2 N–H and O–H groups in total. The third kappa shape index (κ3) is 5.54. The van der Waals surface area contributed by atoms with E-state index in [2.05, 4.69) is 29.4 Å². The van der Waals surface area contributed by atoms with Crippen molar-refractivity contribution < 1.29 is 14.3 Å². The monoisotopic (exact) mass is 347 g/mol. The standard InChI is InChI=1S/C19H29N3O3/c1-14-5-6-16(11-15(14)2)18(24)20-12-17(23)21-13-19(3,4)22-7-9-25-10-8-22/h5-6,11H,7-10,12-13H2,1-4H3,(H,20,24)(H,21,23). The highest BCUT2D eigenvalue weighted by molar-refractivity contribution is 5.96. The summed E-state index contributed by atoms with van der Waals surface area (Å²) in [5.74, 6) is -0.413. The zero-order valence-corrected chi connectivity index (χ0v) is 15.6. The van der Waals surface area contributed by atoms with Gasteiger partial charge in [0, 0.05) is 30.7 Å². The normalized spacial score (nSPS) is 15.7. The lowest BCUT2D eigenvalue weighted by Crippen LogP contribution is -2.56. The van der Waals surface area contributed by atoms with Crippen LogP contribution in [0.5, 0.6) is 0 Å². The number of morpholine rings is 1. The Kier molecular flexibility index (Phi) is 6.56. The van der Waals surface area contributed by atoms with Gasteiger partial charge in [0.15, 0.2) is 0 Å². The Morgan fingerprint density at radius 3 is 2.44 bits per heavy atom. The maximum absolute atomic E-state index is 12.1. The van der Waals surface area contributed by atoms with Gasteiger partial charge in [0.05, 0.1) is 19.8 Å². The first kappa shape index (κ1) is 19.4. The minimum absolute atomic E-state index is 0.0229. The van der Waals surface area contributed by atoms with Crippen molar-refractivity contribution in [3.63, 3.8) is 0 Å². The lowest BCUT2D eigenvalue weighted by atomic mass is 10.0. The van der Waals surface area contributed by atoms with E-state index in [1.807, 2.05) is 26.0 Å². The fourth-order valence-electron chi connectivity index (χ4n) is 2.80. The summed E-state index contributed by atoms with van der Waals surface area (Å²) in [5.41, 5.74) is 2.63. The van der Waals surface area contributed by atoms with Crippen LogP contribution in [-0.2, 0) is 9.53 Å². The summed E-state index contributed by atoms with van der Waals surface area (Å²) >= 11 is 0. The van der Waals surface area contributed by atoms with Crippen LogP contribution in [0.1, 0.15) is 35.3 Å². The van der Waals surface area contributed by atoms with E-state index >= 15 is 0 Å². The molecule has 0 unspecified atom stereocenters. The molecule has 138 valence electrons. The number of nitrogens with one attached hydrogen (secondary N) is 2. The third-order valence-electron chi connectivity index (χ3n) is 4.76. The van der Waals surface area contributed by atoms with E-state index in [-0.39, 0.29) is 23.9 Å². The van der Waals surface area contributed by atoms with E-state index in [0.717, 1.165) is 37.4 Å². The van der Waals surface area contributed by atoms with Gasteiger partial charge in [0.25, 0.3) is 5.91 Å². The van der Waals surface area contributed by atoms with Gasteiger partial charge in [0.2, 0.25) is 5.91 Å². The van der Waals surface area contributed by atoms with Crippen LogP contribution < -0.4 is 10.6 Å². The van der Waals surface area contributed by atoms with Gasteiger partial charge in [-0.3, -0.25) is 14.5 Å². The van der Waals surface area contributed by atoms with Crippen molar-refractivity contribution in [2.45, 2.75) is 33.2 Å². The Hall–Kier alpha value is -1.92. The SMILES string of the molecule is Cc1ccc(C(=O)NCC(=O)NCC(C)(C)N2CCOCC2)cc1C. The molecule has 0 aliphatic carbocycles. The highest BCUT2D eigenvalue weighted by Crippen LogP contribution is 2.15. The largest absolute Gasteiger partial charge is 0.379 e. The third-order valence-corrected chi connectivity index (χ3v) is 4.76. The quantitative estimate of drug-likeness (QED) is 0.813. The molecule has 0 saturated carbocycles. The molecule has 0 aromatic heterocycles. The highest BCUT2D eigenvalue weighted by atomic mass is 16.5. The zero-order valence-electron chi connectivity index (χ0n) is 15.6. The van der Waals surface area contributed by atoms with Crippen LogP contribution in [0.25, 0.3) is 0 Å². The van der Waals surface area contributed by atoms with E-state index in [1.165, 1.54) is 0 Å². The number of ether oxygens (including phenoxy) is 1. The number of amides is 2. The Labute approximate surface area is 149 Å². The first-order chi connectivity index (χ1) is 11.8. The van der Waals surface area contributed by atoms with E-state index < -0.39 is 0 Å². The zero-order chi connectivity index (χ0) is 18.4. The minimum Gasteiger partial charge on any atom is -0.379 e. The first-order valence-corrected chi connectivity index (χ1v) is 8.74. The predicted octanol–water partition coefficient (Wildman–Crippen LogP) is 1.26. The molecule has 1 aromatic carbocycles. The second-order valence-electron chi connectivity index (χ2n) is 7.17. The number of aryl methyl sites for hydroxylation is 2. The number of hydrogen-bond acceptors (Lipinski definition) is 4. The predicted molar refractivity (Wildman–Crippen MR) is 97.7 cm³/mol. The molecule has 0 radical (unpaired) electrons. The van der Waals surface area contributed by atoms with E-state index in [1.54, 1.807) is 6.07 Å². The molecule has 0 atom stereocenters. The van der Waals surface area contributed by atoms with E-state index in [4.69, 9.17) is 4.74 Å². The van der Waals surface area contributed by atoms with E-state index in [0.29, 0.717) is 12.1 Å². The lowest BCUT2D eigenvalue weighted by molar-refractivity contribution is -0.120. The molecule has 1 aliphatic rings. The molecule has 0 bridgehead atoms. The minimum atomic E-state index is -0.231. The average molecular weight is 347 g/mol. The fraction of sp³-hybridized carbons (Fsp3) is 0.579. The summed E-state index contributed by atoms with van der Waals surface area (Å²) < 4.78 is 5.37. The second-order valence-corrected chi connectivity index (χ2v) is 7.17. The second kappa shape index (κ2) is 8.45. The molecule has 25 heavy (non-hydrogen) atoms. The van der Waals surface area contributed by atoms with Gasteiger partial charge in [-0.25, -0.2) is 0 Å². The Morgan fingerprint density at radius 2 is 1.80 bits per heavy atom. The van der Waals surface area contributed by atoms with Crippen molar-refractivity contribution in [2.75, 3.05) is 39.4 Å². The van der Waals surface area contributed by atoms with Crippen LogP contribution in [0.4, 0.5) is 0 Å². The number of benzene rings is 1. The van der Waals surface area contributed by atoms with Gasteiger partial charge >= 0.3 is 0 Å². The summed E-state index contributed by atoms with van der Waals surface area (Å²) in [6, 6.07) is 5.52. The first-order valence-electron chi connectivity index (χ1n) is 8.74. The number of carbonyl (C=O) groups is 2. The maximum atomic E-state index is 12.1. The Balaban J connectivity index is 1.78. The van der Waals surface area contributed by atoms with Crippen molar-refractivity contribution in [1.82, 2.24) is 15.5 Å². The molecular weight excluding hydrogens is 318 g/mol. The average Bonchev–Trinajstić information content (AvgIpc) is 2.61. The van der Waals surface area contributed by atoms with Crippen LogP contribution in [0.3, 0.4) is 0 Å². The van der Waals surface area contributed by atoms with Gasteiger partial charge in [-0.05, 0) is 51.0 Å². The molecule has 6 heteroatoms. The Morgan fingerprint density at radius 1 is 1.12 bits per heavy atom. The van der Waals surface area contributed by atoms with Crippen molar-refractivity contribution in [1.29, 1.82) is 0 Å². The Bertz CT molecular complexity index is 622. The summed E-state index contributed by atoms with van der Waals surface area (Å²) in [5, 5.41) is 5.59. The molecule has 1 heterocycles. The summed E-state index contributed by atoms with van der Waals surface area (Å²) in [6.07, 6.45) is 0. The molecule has 1 saturated heterocycles. The smallest absolute Gasteiger partial charge is 0.251 e.